The summed E-state index contributed by atoms with van der Waals surface area (Å²) in [5.41, 5.74) is 2.82. The Bertz CT molecular complexity index is 1380. The first-order valence-corrected chi connectivity index (χ1v) is 12.6. The highest BCUT2D eigenvalue weighted by Crippen LogP contribution is 2.38. The number of benzene rings is 1. The van der Waals surface area contributed by atoms with Gasteiger partial charge in [0.2, 0.25) is 5.91 Å². The number of fused-ring (bicyclic) bond motifs is 3. The predicted octanol–water partition coefficient (Wildman–Crippen LogP) is 5.86. The van der Waals surface area contributed by atoms with Crippen molar-refractivity contribution in [1.29, 1.82) is 0 Å². The zero-order valence-corrected chi connectivity index (χ0v) is 21.0. The Labute approximate surface area is 213 Å². The van der Waals surface area contributed by atoms with Crippen molar-refractivity contribution in [2.75, 3.05) is 11.9 Å². The molecule has 1 aliphatic rings. The highest BCUT2D eigenvalue weighted by Gasteiger charge is 2.25. The van der Waals surface area contributed by atoms with Crippen molar-refractivity contribution in [1.82, 2.24) is 19.9 Å². The fourth-order valence-electron chi connectivity index (χ4n) is 3.84. The molecule has 0 radical (unpaired) electrons. The maximum atomic E-state index is 12.3. The number of aromatic nitrogens is 3. The van der Waals surface area contributed by atoms with Crippen molar-refractivity contribution in [2.24, 2.45) is 0 Å². The van der Waals surface area contributed by atoms with Crippen molar-refractivity contribution < 1.29 is 9.53 Å². The zero-order chi connectivity index (χ0) is 23.5. The third kappa shape index (κ3) is 4.77. The highest BCUT2D eigenvalue weighted by molar-refractivity contribution is 9.11. The number of ether oxygens (including phenoxy) is 1. The summed E-state index contributed by atoms with van der Waals surface area (Å²) >= 11 is 11.3. The van der Waals surface area contributed by atoms with E-state index in [9.17, 15) is 4.79 Å². The second-order valence-corrected chi connectivity index (χ2v) is 9.61. The van der Waals surface area contributed by atoms with Gasteiger partial charge in [-0.1, -0.05) is 33.6 Å². The van der Waals surface area contributed by atoms with Gasteiger partial charge >= 0.3 is 0 Å². The van der Waals surface area contributed by atoms with E-state index in [1.165, 1.54) is 11.6 Å². The topological polar surface area (TPSA) is 80.2 Å². The second kappa shape index (κ2) is 10.1. The summed E-state index contributed by atoms with van der Waals surface area (Å²) in [5, 5.41) is 4.88. The average Bonchev–Trinajstić information content (AvgIpc) is 3.23. The van der Waals surface area contributed by atoms with Crippen molar-refractivity contribution in [3.05, 3.63) is 81.1 Å². The summed E-state index contributed by atoms with van der Waals surface area (Å²) in [6.07, 6.45) is 5.56. The van der Waals surface area contributed by atoms with Crippen LogP contribution in [0, 0.1) is 0 Å². The molecule has 3 aromatic heterocycles. The van der Waals surface area contributed by atoms with E-state index >= 15 is 0 Å². The Kier molecular flexibility index (Phi) is 6.75. The fraction of sp³-hybridized carbons (Fsp3) is 0.167. The third-order valence-electron chi connectivity index (χ3n) is 5.45. The first-order chi connectivity index (χ1) is 16.6. The van der Waals surface area contributed by atoms with Crippen LogP contribution < -0.4 is 10.1 Å². The number of pyridine rings is 1. The van der Waals surface area contributed by atoms with Gasteiger partial charge in [0, 0.05) is 29.4 Å². The molecule has 0 bridgehead atoms. The SMILES string of the molecule is O=C(C=CBr)N1CCc2c(sc3ncnc(Nc4ccc(OCc5ccccn5)c(Cl)c4)c23)C1. The molecule has 0 aliphatic carbocycles. The van der Waals surface area contributed by atoms with Gasteiger partial charge in [-0.2, -0.15) is 0 Å². The molecule has 4 aromatic rings. The van der Waals surface area contributed by atoms with Crippen molar-refractivity contribution in [3.8, 4) is 5.75 Å². The van der Waals surface area contributed by atoms with Crippen LogP contribution in [0.5, 0.6) is 5.75 Å². The normalized spacial score (nSPS) is 13.3. The van der Waals surface area contributed by atoms with E-state index in [1.807, 2.05) is 41.3 Å². The van der Waals surface area contributed by atoms with E-state index in [2.05, 4.69) is 36.2 Å². The van der Waals surface area contributed by atoms with Crippen LogP contribution in [-0.4, -0.2) is 32.3 Å². The molecule has 1 N–H and O–H groups in total. The molecule has 0 unspecified atom stereocenters. The number of hydrogen-bond donors (Lipinski definition) is 1. The minimum atomic E-state index is -0.00981. The lowest BCUT2D eigenvalue weighted by atomic mass is 10.0. The van der Waals surface area contributed by atoms with Crippen LogP contribution in [0.3, 0.4) is 0 Å². The number of carbonyl (C=O) groups is 1. The standard InChI is InChI=1S/C24H19BrClN5O2S/c25-8-6-21(32)31-10-7-17-20(12-31)34-24-22(17)23(28-14-29-24)30-15-4-5-19(18(26)11-15)33-13-16-3-1-2-9-27-16/h1-6,8-9,11,14H,7,10,12-13H2,(H,28,29,30). The van der Waals surface area contributed by atoms with E-state index in [-0.39, 0.29) is 5.91 Å². The maximum Gasteiger partial charge on any atom is 0.247 e. The summed E-state index contributed by atoms with van der Waals surface area (Å²) in [6.45, 7) is 1.56. The number of hydrogen-bond acceptors (Lipinski definition) is 7. The van der Waals surface area contributed by atoms with Gasteiger partial charge in [0.15, 0.2) is 0 Å². The molecule has 5 rings (SSSR count). The summed E-state index contributed by atoms with van der Waals surface area (Å²) in [5.74, 6) is 1.30. The monoisotopic (exact) mass is 555 g/mol. The van der Waals surface area contributed by atoms with Crippen LogP contribution in [0.15, 0.2) is 60.0 Å². The van der Waals surface area contributed by atoms with Crippen LogP contribution in [0.1, 0.15) is 16.1 Å². The Morgan fingerprint density at radius 2 is 2.18 bits per heavy atom. The molecule has 1 amide bonds. The molecule has 10 heteroatoms. The number of thiophene rings is 1. The number of amides is 1. The Balaban J connectivity index is 1.36. The first kappa shape index (κ1) is 22.8. The van der Waals surface area contributed by atoms with Crippen molar-refractivity contribution in [3.63, 3.8) is 0 Å². The lowest BCUT2D eigenvalue weighted by molar-refractivity contribution is -0.126. The maximum absolute atomic E-state index is 12.3. The molecule has 0 spiro atoms. The van der Waals surface area contributed by atoms with Gasteiger partial charge < -0.3 is 15.0 Å². The van der Waals surface area contributed by atoms with E-state index in [1.54, 1.807) is 28.8 Å². The Hall–Kier alpha value is -3.01. The number of anilines is 2. The van der Waals surface area contributed by atoms with E-state index in [0.29, 0.717) is 30.5 Å². The summed E-state index contributed by atoms with van der Waals surface area (Å²) in [4.78, 5) is 30.9. The van der Waals surface area contributed by atoms with Gasteiger partial charge in [0.05, 0.1) is 22.6 Å². The van der Waals surface area contributed by atoms with Gasteiger partial charge in [0.25, 0.3) is 0 Å². The molecule has 0 saturated heterocycles. The molecule has 0 saturated carbocycles. The number of halogens is 2. The highest BCUT2D eigenvalue weighted by atomic mass is 79.9. The smallest absolute Gasteiger partial charge is 0.247 e. The first-order valence-electron chi connectivity index (χ1n) is 10.5. The molecular formula is C24H19BrClN5O2S. The minimum Gasteiger partial charge on any atom is -0.486 e. The van der Waals surface area contributed by atoms with Crippen LogP contribution in [0.25, 0.3) is 10.2 Å². The van der Waals surface area contributed by atoms with Crippen molar-refractivity contribution in [2.45, 2.75) is 19.6 Å². The zero-order valence-electron chi connectivity index (χ0n) is 17.9. The van der Waals surface area contributed by atoms with Gasteiger partial charge in [0.1, 0.15) is 29.3 Å². The number of nitrogens with zero attached hydrogens (tertiary/aromatic N) is 4. The van der Waals surface area contributed by atoms with Crippen LogP contribution in [0.2, 0.25) is 5.02 Å². The van der Waals surface area contributed by atoms with Gasteiger partial charge in [-0.05, 0) is 47.3 Å². The number of carbonyl (C=O) groups excluding carboxylic acids is 1. The van der Waals surface area contributed by atoms with Gasteiger partial charge in [-0.3, -0.25) is 9.78 Å². The molecule has 0 fully saturated rings. The number of nitrogens with one attached hydrogen (secondary N) is 1. The fourth-order valence-corrected chi connectivity index (χ4v) is 5.50. The van der Waals surface area contributed by atoms with Crippen molar-refractivity contribution >= 4 is 66.5 Å². The molecule has 4 heterocycles. The van der Waals surface area contributed by atoms with E-state index < -0.39 is 0 Å². The summed E-state index contributed by atoms with van der Waals surface area (Å²) in [7, 11) is 0. The van der Waals surface area contributed by atoms with E-state index in [0.717, 1.165) is 38.7 Å². The summed E-state index contributed by atoms with van der Waals surface area (Å²) in [6, 6.07) is 11.2. The molecule has 0 atom stereocenters. The largest absolute Gasteiger partial charge is 0.486 e. The molecule has 7 nitrogen and oxygen atoms in total. The summed E-state index contributed by atoms with van der Waals surface area (Å²) < 4.78 is 5.82. The average molecular weight is 557 g/mol. The molecule has 172 valence electrons. The Morgan fingerprint density at radius 1 is 1.26 bits per heavy atom. The van der Waals surface area contributed by atoms with Gasteiger partial charge in [-0.15, -0.1) is 11.3 Å². The van der Waals surface area contributed by atoms with Crippen LogP contribution in [0.4, 0.5) is 11.5 Å². The second-order valence-electron chi connectivity index (χ2n) is 7.59. The Morgan fingerprint density at radius 3 is 2.97 bits per heavy atom. The van der Waals surface area contributed by atoms with Gasteiger partial charge in [-0.25, -0.2) is 9.97 Å². The lowest BCUT2D eigenvalue weighted by Crippen LogP contribution is -2.34. The molecule has 34 heavy (non-hydrogen) atoms. The van der Waals surface area contributed by atoms with E-state index in [4.69, 9.17) is 16.3 Å². The van der Waals surface area contributed by atoms with Crippen LogP contribution in [-0.2, 0) is 24.4 Å². The third-order valence-corrected chi connectivity index (χ3v) is 7.13. The predicted molar refractivity (Wildman–Crippen MR) is 138 cm³/mol. The molecule has 1 aromatic carbocycles. The van der Waals surface area contributed by atoms with Crippen LogP contribution >= 0.6 is 38.9 Å². The minimum absolute atomic E-state index is 0.00981. The molecular weight excluding hydrogens is 538 g/mol. The quantitative estimate of drug-likeness (QED) is 0.300. The number of rotatable bonds is 6. The molecule has 1 aliphatic heterocycles. The lowest BCUT2D eigenvalue weighted by Gasteiger charge is -2.26.